The normalized spacial score (nSPS) is 10.4. The molecule has 6 nitrogen and oxygen atoms in total. The zero-order valence-electron chi connectivity index (χ0n) is 9.34. The van der Waals surface area contributed by atoms with Crippen LogP contribution in [0.5, 0.6) is 0 Å². The molecule has 0 bridgehead atoms. The van der Waals surface area contributed by atoms with Crippen LogP contribution < -0.4 is 5.73 Å². The van der Waals surface area contributed by atoms with Gasteiger partial charge in [-0.3, -0.25) is 10.1 Å². The van der Waals surface area contributed by atoms with E-state index in [1.165, 1.54) is 12.1 Å². The van der Waals surface area contributed by atoms with Crippen molar-refractivity contribution in [2.75, 3.05) is 5.73 Å². The van der Waals surface area contributed by atoms with Gasteiger partial charge in [-0.15, -0.1) is 12.6 Å². The largest absolute Gasteiger partial charge is 0.459 e. The topological polar surface area (TPSA) is 95.5 Å². The number of rotatable bonds is 3. The maximum absolute atomic E-state index is 11.7. The van der Waals surface area contributed by atoms with E-state index in [0.717, 1.165) is 0 Å². The zero-order chi connectivity index (χ0) is 13.2. The molecule has 1 rings (SSSR count). The van der Waals surface area contributed by atoms with Crippen LogP contribution >= 0.6 is 12.6 Å². The van der Waals surface area contributed by atoms with Crippen LogP contribution in [0.15, 0.2) is 17.0 Å². The number of thiol groups is 1. The molecule has 0 radical (unpaired) electrons. The van der Waals surface area contributed by atoms with E-state index >= 15 is 0 Å². The van der Waals surface area contributed by atoms with E-state index in [4.69, 9.17) is 10.5 Å². The highest BCUT2D eigenvalue weighted by atomic mass is 32.1. The number of hydrogen-bond donors (Lipinski definition) is 2. The van der Waals surface area contributed by atoms with Gasteiger partial charge in [0.2, 0.25) is 0 Å². The van der Waals surface area contributed by atoms with E-state index in [-0.39, 0.29) is 27.9 Å². The summed E-state index contributed by atoms with van der Waals surface area (Å²) in [5.74, 6) is -0.716. The number of hydrogen-bond acceptors (Lipinski definition) is 6. The number of nitro groups is 1. The standard InChI is InChI=1S/C10H12N2O4S/c1-5(2)16-10(13)8-7(17)4-3-6(9(8)11)12(14)15/h3-5,17H,11H2,1-2H3. The van der Waals surface area contributed by atoms with Crippen molar-refractivity contribution in [2.45, 2.75) is 24.8 Å². The second kappa shape index (κ2) is 5.05. The van der Waals surface area contributed by atoms with Gasteiger partial charge in [0.05, 0.1) is 11.0 Å². The van der Waals surface area contributed by atoms with Crippen molar-refractivity contribution in [3.05, 3.63) is 27.8 Å². The number of nitrogens with two attached hydrogens (primary N) is 1. The molecule has 0 fully saturated rings. The molecule has 0 atom stereocenters. The van der Waals surface area contributed by atoms with Crippen LogP contribution in [0, 0.1) is 10.1 Å². The Hall–Kier alpha value is -1.76. The molecule has 92 valence electrons. The van der Waals surface area contributed by atoms with E-state index in [1.54, 1.807) is 13.8 Å². The summed E-state index contributed by atoms with van der Waals surface area (Å²) < 4.78 is 4.94. The molecule has 0 spiro atoms. The predicted octanol–water partition coefficient (Wildman–Crippen LogP) is 2.03. The Morgan fingerprint density at radius 3 is 2.59 bits per heavy atom. The fourth-order valence-electron chi connectivity index (χ4n) is 1.24. The van der Waals surface area contributed by atoms with Gasteiger partial charge in [-0.25, -0.2) is 4.79 Å². The number of benzene rings is 1. The molecule has 0 heterocycles. The van der Waals surface area contributed by atoms with Crippen molar-refractivity contribution in [3.8, 4) is 0 Å². The van der Waals surface area contributed by atoms with E-state index in [9.17, 15) is 14.9 Å². The molecule has 2 N–H and O–H groups in total. The Morgan fingerprint density at radius 2 is 2.12 bits per heavy atom. The van der Waals surface area contributed by atoms with Gasteiger partial charge < -0.3 is 10.5 Å². The van der Waals surface area contributed by atoms with Crippen LogP contribution in [-0.4, -0.2) is 17.0 Å². The summed E-state index contributed by atoms with van der Waals surface area (Å²) in [5, 5.41) is 10.7. The number of nitro benzene ring substituents is 1. The molecular formula is C10H12N2O4S. The molecule has 1 aromatic carbocycles. The fourth-order valence-corrected chi connectivity index (χ4v) is 1.53. The number of nitrogen functional groups attached to an aromatic ring is 1. The van der Waals surface area contributed by atoms with Gasteiger partial charge in [0.1, 0.15) is 11.3 Å². The molecule has 0 aliphatic rings. The third kappa shape index (κ3) is 2.88. The molecule has 17 heavy (non-hydrogen) atoms. The van der Waals surface area contributed by atoms with Crippen LogP contribution in [0.4, 0.5) is 11.4 Å². The molecular weight excluding hydrogens is 244 g/mol. The van der Waals surface area contributed by atoms with Crippen LogP contribution in [0.25, 0.3) is 0 Å². The SMILES string of the molecule is CC(C)OC(=O)c1c(S)ccc([N+](=O)[O-])c1N. The van der Waals surface area contributed by atoms with Gasteiger partial charge in [0.15, 0.2) is 0 Å². The second-order valence-corrected chi connectivity index (χ2v) is 4.09. The van der Waals surface area contributed by atoms with E-state index < -0.39 is 10.9 Å². The summed E-state index contributed by atoms with van der Waals surface area (Å²) in [7, 11) is 0. The van der Waals surface area contributed by atoms with Crippen LogP contribution in [-0.2, 0) is 4.74 Å². The smallest absolute Gasteiger partial charge is 0.341 e. The minimum Gasteiger partial charge on any atom is -0.459 e. The van der Waals surface area contributed by atoms with Gasteiger partial charge in [-0.1, -0.05) is 0 Å². The number of nitrogens with zero attached hydrogens (tertiary/aromatic N) is 1. The molecule has 0 unspecified atom stereocenters. The van der Waals surface area contributed by atoms with Crippen LogP contribution in [0.2, 0.25) is 0 Å². The quantitative estimate of drug-likeness (QED) is 0.283. The lowest BCUT2D eigenvalue weighted by molar-refractivity contribution is -0.384. The Bertz CT molecular complexity index is 474. The molecule has 1 aromatic rings. The van der Waals surface area contributed by atoms with Gasteiger partial charge in [-0.05, 0) is 19.9 Å². The van der Waals surface area contributed by atoms with Gasteiger partial charge >= 0.3 is 5.97 Å². The van der Waals surface area contributed by atoms with Crippen molar-refractivity contribution in [1.82, 2.24) is 0 Å². The van der Waals surface area contributed by atoms with Crippen molar-refractivity contribution in [1.29, 1.82) is 0 Å². The number of anilines is 1. The number of carbonyl (C=O) groups excluding carboxylic acids is 1. The van der Waals surface area contributed by atoms with Crippen molar-refractivity contribution >= 4 is 30.0 Å². The Kier molecular flexibility index (Phi) is 3.95. The Labute approximate surface area is 103 Å². The van der Waals surface area contributed by atoms with Crippen molar-refractivity contribution in [3.63, 3.8) is 0 Å². The third-order valence-electron chi connectivity index (χ3n) is 1.94. The highest BCUT2D eigenvalue weighted by Crippen LogP contribution is 2.30. The molecule has 0 amide bonds. The fraction of sp³-hybridized carbons (Fsp3) is 0.300. The average molecular weight is 256 g/mol. The monoisotopic (exact) mass is 256 g/mol. The summed E-state index contributed by atoms with van der Waals surface area (Å²) in [6.07, 6.45) is -0.339. The van der Waals surface area contributed by atoms with E-state index in [1.807, 2.05) is 0 Å². The molecule has 7 heteroatoms. The lowest BCUT2D eigenvalue weighted by Gasteiger charge is -2.11. The third-order valence-corrected chi connectivity index (χ3v) is 2.32. The van der Waals surface area contributed by atoms with Crippen molar-refractivity contribution < 1.29 is 14.5 Å². The highest BCUT2D eigenvalue weighted by Gasteiger charge is 2.23. The lowest BCUT2D eigenvalue weighted by Crippen LogP contribution is -2.15. The predicted molar refractivity (Wildman–Crippen MR) is 65.3 cm³/mol. The molecule has 0 saturated carbocycles. The maximum atomic E-state index is 11.7. The summed E-state index contributed by atoms with van der Waals surface area (Å²) in [6.45, 7) is 3.34. The first-order valence-corrected chi connectivity index (χ1v) is 5.26. The zero-order valence-corrected chi connectivity index (χ0v) is 10.2. The summed E-state index contributed by atoms with van der Waals surface area (Å²) in [4.78, 5) is 22.0. The first-order valence-electron chi connectivity index (χ1n) is 4.81. The first kappa shape index (κ1) is 13.3. The summed E-state index contributed by atoms with van der Waals surface area (Å²) in [6, 6.07) is 2.54. The molecule has 0 aliphatic carbocycles. The summed E-state index contributed by atoms with van der Waals surface area (Å²) in [5.41, 5.74) is 4.93. The van der Waals surface area contributed by atoms with Crippen molar-refractivity contribution in [2.24, 2.45) is 0 Å². The number of esters is 1. The Morgan fingerprint density at radius 1 is 1.53 bits per heavy atom. The minimum absolute atomic E-state index is 0.0729. The number of carbonyl (C=O) groups is 1. The molecule has 0 aliphatic heterocycles. The highest BCUT2D eigenvalue weighted by molar-refractivity contribution is 7.80. The van der Waals surface area contributed by atoms with Gasteiger partial charge in [0.25, 0.3) is 5.69 Å². The Balaban J connectivity index is 3.27. The van der Waals surface area contributed by atoms with Gasteiger partial charge in [0, 0.05) is 11.0 Å². The second-order valence-electron chi connectivity index (χ2n) is 3.60. The van der Waals surface area contributed by atoms with E-state index in [0.29, 0.717) is 0 Å². The summed E-state index contributed by atoms with van der Waals surface area (Å²) >= 11 is 4.04. The maximum Gasteiger partial charge on any atom is 0.341 e. The van der Waals surface area contributed by atoms with Crippen LogP contribution in [0.1, 0.15) is 24.2 Å². The molecule has 0 saturated heterocycles. The molecule has 0 aromatic heterocycles. The van der Waals surface area contributed by atoms with Gasteiger partial charge in [-0.2, -0.15) is 0 Å². The first-order chi connectivity index (χ1) is 7.84. The minimum atomic E-state index is -0.716. The number of ether oxygens (including phenoxy) is 1. The average Bonchev–Trinajstić information content (AvgIpc) is 2.15. The lowest BCUT2D eigenvalue weighted by atomic mass is 10.1. The van der Waals surface area contributed by atoms with E-state index in [2.05, 4.69) is 12.6 Å². The van der Waals surface area contributed by atoms with Crippen LogP contribution in [0.3, 0.4) is 0 Å².